The van der Waals surface area contributed by atoms with Gasteiger partial charge in [0.1, 0.15) is 0 Å². The maximum absolute atomic E-state index is 12.7. The van der Waals surface area contributed by atoms with Crippen LogP contribution in [0.4, 0.5) is 0 Å². The summed E-state index contributed by atoms with van der Waals surface area (Å²) in [5.74, 6) is 0.570. The van der Waals surface area contributed by atoms with Crippen LogP contribution in [-0.4, -0.2) is 82.5 Å². The molecule has 0 unspecified atom stereocenters. The molecule has 4 heterocycles. The molecule has 2 amide bonds. The fraction of sp³-hybridized carbons (Fsp3) is 0.773. The van der Waals surface area contributed by atoms with Gasteiger partial charge in [-0.1, -0.05) is 0 Å². The van der Waals surface area contributed by atoms with E-state index in [1.807, 2.05) is 11.8 Å². The molecule has 3 saturated heterocycles. The van der Waals surface area contributed by atoms with E-state index in [1.54, 1.807) is 0 Å². The van der Waals surface area contributed by atoms with Gasteiger partial charge in [0.05, 0.1) is 5.69 Å². The Labute approximate surface area is 173 Å². The minimum Gasteiger partial charge on any atom is -0.343 e. The molecule has 3 fully saturated rings. The summed E-state index contributed by atoms with van der Waals surface area (Å²) in [7, 11) is 2.14. The van der Waals surface area contributed by atoms with E-state index in [4.69, 9.17) is 0 Å². The molecule has 0 aliphatic carbocycles. The van der Waals surface area contributed by atoms with Crippen LogP contribution in [0.5, 0.6) is 0 Å². The lowest BCUT2D eigenvalue weighted by atomic mass is 9.72. The van der Waals surface area contributed by atoms with Crippen LogP contribution in [0.25, 0.3) is 0 Å². The lowest BCUT2D eigenvalue weighted by Gasteiger charge is -2.49. The van der Waals surface area contributed by atoms with E-state index in [-0.39, 0.29) is 11.3 Å². The molecule has 1 aromatic rings. The normalized spacial score (nSPS) is 25.2. The van der Waals surface area contributed by atoms with Gasteiger partial charge in [0, 0.05) is 57.2 Å². The summed E-state index contributed by atoms with van der Waals surface area (Å²) in [4.78, 5) is 31.8. The molecule has 0 saturated carbocycles. The van der Waals surface area contributed by atoms with Crippen LogP contribution >= 0.6 is 0 Å². The summed E-state index contributed by atoms with van der Waals surface area (Å²) in [5.41, 5.74) is 3.46. The van der Waals surface area contributed by atoms with E-state index in [9.17, 15) is 9.59 Å². The average Bonchev–Trinajstić information content (AvgIpc) is 3.29. The van der Waals surface area contributed by atoms with Gasteiger partial charge in [0.2, 0.25) is 11.8 Å². The zero-order valence-corrected chi connectivity index (χ0v) is 18.2. The Morgan fingerprint density at radius 3 is 2.59 bits per heavy atom. The van der Waals surface area contributed by atoms with Gasteiger partial charge in [-0.3, -0.25) is 14.7 Å². The van der Waals surface area contributed by atoms with Gasteiger partial charge in [0.25, 0.3) is 0 Å². The van der Waals surface area contributed by atoms with Gasteiger partial charge < -0.3 is 14.7 Å². The van der Waals surface area contributed by atoms with Crippen LogP contribution in [0.15, 0.2) is 0 Å². The zero-order chi connectivity index (χ0) is 20.6. The zero-order valence-electron chi connectivity index (χ0n) is 18.2. The van der Waals surface area contributed by atoms with Crippen molar-refractivity contribution >= 4 is 11.8 Å². The van der Waals surface area contributed by atoms with Crippen molar-refractivity contribution in [2.75, 3.05) is 39.8 Å². The van der Waals surface area contributed by atoms with Gasteiger partial charge in [0.15, 0.2) is 0 Å². The summed E-state index contributed by atoms with van der Waals surface area (Å²) in [5, 5.41) is 7.32. The molecule has 1 atom stereocenters. The summed E-state index contributed by atoms with van der Waals surface area (Å²) >= 11 is 0. The number of H-pyrrole nitrogens is 1. The predicted molar refractivity (Wildman–Crippen MR) is 111 cm³/mol. The van der Waals surface area contributed by atoms with Crippen molar-refractivity contribution in [2.24, 2.45) is 5.41 Å². The van der Waals surface area contributed by atoms with E-state index in [0.29, 0.717) is 31.2 Å². The van der Waals surface area contributed by atoms with Crippen LogP contribution in [0.2, 0.25) is 0 Å². The smallest absolute Gasteiger partial charge is 0.222 e. The largest absolute Gasteiger partial charge is 0.343 e. The monoisotopic (exact) mass is 401 g/mol. The van der Waals surface area contributed by atoms with E-state index in [0.717, 1.165) is 69.8 Å². The molecule has 160 valence electrons. The number of nitrogens with zero attached hydrogens (tertiary/aromatic N) is 4. The molecule has 1 N–H and O–H groups in total. The molecule has 4 rings (SSSR count). The molecule has 0 bridgehead atoms. The van der Waals surface area contributed by atoms with E-state index in [2.05, 4.69) is 34.0 Å². The fourth-order valence-electron chi connectivity index (χ4n) is 5.34. The molecule has 0 radical (unpaired) electrons. The van der Waals surface area contributed by atoms with Crippen molar-refractivity contribution < 1.29 is 9.59 Å². The first-order chi connectivity index (χ1) is 13.9. The van der Waals surface area contributed by atoms with Gasteiger partial charge in [-0.25, -0.2) is 0 Å². The number of carbonyl (C=O) groups is 2. The summed E-state index contributed by atoms with van der Waals surface area (Å²) < 4.78 is 0. The Bertz CT molecular complexity index is 765. The third-order valence-electron chi connectivity index (χ3n) is 7.61. The number of hydrogen-bond donors (Lipinski definition) is 1. The van der Waals surface area contributed by atoms with Gasteiger partial charge in [-0.2, -0.15) is 5.10 Å². The Kier molecular flexibility index (Phi) is 5.69. The number of likely N-dealkylation sites (tertiary alicyclic amines) is 3. The Morgan fingerprint density at radius 1 is 1.21 bits per heavy atom. The molecule has 7 nitrogen and oxygen atoms in total. The average molecular weight is 402 g/mol. The minimum absolute atomic E-state index is 0.210. The van der Waals surface area contributed by atoms with Crippen LogP contribution < -0.4 is 0 Å². The Morgan fingerprint density at radius 2 is 1.97 bits per heavy atom. The second-order valence-corrected chi connectivity index (χ2v) is 9.53. The van der Waals surface area contributed by atoms with Gasteiger partial charge >= 0.3 is 0 Å². The number of carbonyl (C=O) groups excluding carboxylic acids is 2. The fourth-order valence-corrected chi connectivity index (χ4v) is 5.34. The summed E-state index contributed by atoms with van der Waals surface area (Å²) in [6.07, 6.45) is 6.02. The number of rotatable bonds is 4. The summed E-state index contributed by atoms with van der Waals surface area (Å²) in [6.45, 7) is 8.68. The molecule has 3 aliphatic heterocycles. The third kappa shape index (κ3) is 4.20. The number of aromatic amines is 1. The second kappa shape index (κ2) is 8.09. The number of piperidine rings is 2. The SMILES string of the molecule is Cc1[nH]nc(CCC(=O)N2CCC3(CCC(=O)N([C@H]4CCN(C)C4)C3)CC2)c1C. The van der Waals surface area contributed by atoms with Crippen LogP contribution in [0, 0.1) is 19.3 Å². The molecule has 29 heavy (non-hydrogen) atoms. The number of aryl methyl sites for hydroxylation is 2. The third-order valence-corrected chi connectivity index (χ3v) is 7.61. The summed E-state index contributed by atoms with van der Waals surface area (Å²) in [6, 6.07) is 0.380. The van der Waals surface area contributed by atoms with Crippen molar-refractivity contribution in [2.45, 2.75) is 64.8 Å². The van der Waals surface area contributed by atoms with E-state index < -0.39 is 0 Å². The standard InChI is InChI=1S/C22H35N5O2/c1-16-17(2)23-24-19(16)4-5-20(28)26-12-9-22(10-13-26)8-6-21(29)27(15-22)18-7-11-25(3)14-18/h18H,4-15H2,1-3H3,(H,23,24)/t18-/m0/s1. The number of aromatic nitrogens is 2. The van der Waals surface area contributed by atoms with Crippen molar-refractivity contribution in [1.82, 2.24) is 24.9 Å². The highest BCUT2D eigenvalue weighted by Crippen LogP contribution is 2.41. The second-order valence-electron chi connectivity index (χ2n) is 9.53. The highest BCUT2D eigenvalue weighted by molar-refractivity contribution is 5.78. The molecular weight excluding hydrogens is 366 g/mol. The first-order valence-electron chi connectivity index (χ1n) is 11.1. The van der Waals surface area contributed by atoms with Crippen LogP contribution in [-0.2, 0) is 16.0 Å². The highest BCUT2D eigenvalue weighted by Gasteiger charge is 2.44. The van der Waals surface area contributed by atoms with Gasteiger partial charge in [-0.05, 0) is 64.1 Å². The van der Waals surface area contributed by atoms with Crippen molar-refractivity contribution in [3.63, 3.8) is 0 Å². The van der Waals surface area contributed by atoms with Crippen molar-refractivity contribution in [1.29, 1.82) is 0 Å². The van der Waals surface area contributed by atoms with E-state index >= 15 is 0 Å². The van der Waals surface area contributed by atoms with Crippen molar-refractivity contribution in [3.8, 4) is 0 Å². The first kappa shape index (κ1) is 20.4. The van der Waals surface area contributed by atoms with Crippen LogP contribution in [0.1, 0.15) is 55.5 Å². The number of nitrogens with one attached hydrogen (secondary N) is 1. The topological polar surface area (TPSA) is 72.5 Å². The molecule has 0 aromatic carbocycles. The van der Waals surface area contributed by atoms with Gasteiger partial charge in [-0.15, -0.1) is 0 Å². The molecular formula is C22H35N5O2. The minimum atomic E-state index is 0.210. The maximum Gasteiger partial charge on any atom is 0.222 e. The van der Waals surface area contributed by atoms with Crippen molar-refractivity contribution in [3.05, 3.63) is 17.0 Å². The quantitative estimate of drug-likeness (QED) is 0.836. The first-order valence-corrected chi connectivity index (χ1v) is 11.1. The predicted octanol–water partition coefficient (Wildman–Crippen LogP) is 1.89. The van der Waals surface area contributed by atoms with E-state index in [1.165, 1.54) is 5.56 Å². The molecule has 1 aromatic heterocycles. The number of hydrogen-bond acceptors (Lipinski definition) is 4. The number of amides is 2. The number of likely N-dealkylation sites (N-methyl/N-ethyl adjacent to an activating group) is 1. The Balaban J connectivity index is 1.30. The molecule has 7 heteroatoms. The lowest BCUT2D eigenvalue weighted by Crippen LogP contribution is -2.55. The highest BCUT2D eigenvalue weighted by atomic mass is 16.2. The molecule has 1 spiro atoms. The lowest BCUT2D eigenvalue weighted by molar-refractivity contribution is -0.144. The maximum atomic E-state index is 12.7. The Hall–Kier alpha value is -1.89. The van der Waals surface area contributed by atoms with Crippen LogP contribution in [0.3, 0.4) is 0 Å². The molecule has 3 aliphatic rings.